The Morgan fingerprint density at radius 3 is 2.64 bits per heavy atom. The maximum atomic E-state index is 3.54. The Kier molecular flexibility index (Phi) is 5.49. The van der Waals surface area contributed by atoms with Gasteiger partial charge >= 0.3 is 0 Å². The molecular formula is C12H26N2. The first-order valence-electron chi connectivity index (χ1n) is 6.18. The van der Waals surface area contributed by atoms with Crippen molar-refractivity contribution in [1.82, 2.24) is 10.2 Å². The lowest BCUT2D eigenvalue weighted by Crippen LogP contribution is -2.39. The molecule has 0 saturated heterocycles. The predicted molar refractivity (Wildman–Crippen MR) is 62.6 cm³/mol. The summed E-state index contributed by atoms with van der Waals surface area (Å²) in [4.78, 5) is 2.52. The van der Waals surface area contributed by atoms with E-state index in [-0.39, 0.29) is 0 Å². The van der Waals surface area contributed by atoms with Gasteiger partial charge in [0.2, 0.25) is 0 Å². The van der Waals surface area contributed by atoms with E-state index in [1.54, 1.807) is 0 Å². The van der Waals surface area contributed by atoms with Crippen molar-refractivity contribution >= 4 is 0 Å². The van der Waals surface area contributed by atoms with E-state index in [4.69, 9.17) is 0 Å². The van der Waals surface area contributed by atoms with Crippen molar-refractivity contribution in [3.05, 3.63) is 0 Å². The third-order valence-corrected chi connectivity index (χ3v) is 3.21. The minimum Gasteiger partial charge on any atom is -0.315 e. The number of rotatable bonds is 8. The summed E-state index contributed by atoms with van der Waals surface area (Å²) in [7, 11) is 2.26. The molecule has 0 amide bonds. The summed E-state index contributed by atoms with van der Waals surface area (Å²) < 4.78 is 0. The van der Waals surface area contributed by atoms with Crippen molar-refractivity contribution < 1.29 is 0 Å². The molecule has 14 heavy (non-hydrogen) atoms. The van der Waals surface area contributed by atoms with E-state index >= 15 is 0 Å². The topological polar surface area (TPSA) is 15.3 Å². The Morgan fingerprint density at radius 1 is 1.36 bits per heavy atom. The fourth-order valence-electron chi connectivity index (χ4n) is 1.80. The molecule has 1 rings (SSSR count). The van der Waals surface area contributed by atoms with Crippen LogP contribution in [0.15, 0.2) is 0 Å². The lowest BCUT2D eigenvalue weighted by molar-refractivity contribution is 0.241. The summed E-state index contributed by atoms with van der Waals surface area (Å²) in [6.45, 7) is 6.92. The fourth-order valence-corrected chi connectivity index (χ4v) is 1.80. The van der Waals surface area contributed by atoms with Crippen LogP contribution in [0, 0.1) is 0 Å². The standard InChI is InChI=1S/C12H26N2/c1-4-5-6-9-13-10-11(2)14(3)12-7-8-12/h11-13H,4-10H2,1-3H3. The Labute approximate surface area is 89.1 Å². The Hall–Kier alpha value is -0.0800. The monoisotopic (exact) mass is 198 g/mol. The molecule has 0 radical (unpaired) electrons. The Balaban J connectivity index is 1.94. The van der Waals surface area contributed by atoms with Crippen LogP contribution in [-0.2, 0) is 0 Å². The molecule has 1 aliphatic rings. The zero-order valence-electron chi connectivity index (χ0n) is 10.1. The number of nitrogens with zero attached hydrogens (tertiary/aromatic N) is 1. The van der Waals surface area contributed by atoms with Crippen LogP contribution in [-0.4, -0.2) is 37.1 Å². The molecule has 0 aromatic rings. The zero-order valence-corrected chi connectivity index (χ0v) is 10.1. The Morgan fingerprint density at radius 2 is 2.07 bits per heavy atom. The van der Waals surface area contributed by atoms with Gasteiger partial charge in [-0.15, -0.1) is 0 Å². The molecule has 0 heterocycles. The Bertz CT molecular complexity index is 143. The quantitative estimate of drug-likeness (QED) is 0.602. The van der Waals surface area contributed by atoms with Crippen LogP contribution >= 0.6 is 0 Å². The normalized spacial score (nSPS) is 18.9. The summed E-state index contributed by atoms with van der Waals surface area (Å²) in [6.07, 6.45) is 6.84. The van der Waals surface area contributed by atoms with Gasteiger partial charge in [-0.2, -0.15) is 0 Å². The van der Waals surface area contributed by atoms with Gasteiger partial charge in [0, 0.05) is 18.6 Å². The highest BCUT2D eigenvalue weighted by molar-refractivity contribution is 4.85. The molecule has 2 heteroatoms. The van der Waals surface area contributed by atoms with Crippen LogP contribution in [0.3, 0.4) is 0 Å². The van der Waals surface area contributed by atoms with Gasteiger partial charge in [-0.3, -0.25) is 4.90 Å². The summed E-state index contributed by atoms with van der Waals surface area (Å²) in [5.41, 5.74) is 0. The average Bonchev–Trinajstić information content (AvgIpc) is 2.99. The van der Waals surface area contributed by atoms with Crippen molar-refractivity contribution in [1.29, 1.82) is 0 Å². The second-order valence-corrected chi connectivity index (χ2v) is 4.66. The van der Waals surface area contributed by atoms with Gasteiger partial charge in [-0.05, 0) is 39.8 Å². The molecule has 0 aromatic carbocycles. The molecule has 1 saturated carbocycles. The fraction of sp³-hybridized carbons (Fsp3) is 1.00. The van der Waals surface area contributed by atoms with Crippen molar-refractivity contribution in [3.8, 4) is 0 Å². The van der Waals surface area contributed by atoms with Gasteiger partial charge in [-0.25, -0.2) is 0 Å². The molecule has 1 unspecified atom stereocenters. The first kappa shape index (κ1) is 12.0. The first-order chi connectivity index (χ1) is 6.75. The van der Waals surface area contributed by atoms with Crippen molar-refractivity contribution in [2.45, 2.75) is 58.0 Å². The molecule has 0 aromatic heterocycles. The van der Waals surface area contributed by atoms with Gasteiger partial charge in [0.25, 0.3) is 0 Å². The maximum Gasteiger partial charge on any atom is 0.0192 e. The third kappa shape index (κ3) is 4.43. The SMILES string of the molecule is CCCCCNCC(C)N(C)C1CC1. The van der Waals surface area contributed by atoms with E-state index in [0.29, 0.717) is 6.04 Å². The minimum absolute atomic E-state index is 0.698. The van der Waals surface area contributed by atoms with Gasteiger partial charge < -0.3 is 5.32 Å². The largest absolute Gasteiger partial charge is 0.315 e. The van der Waals surface area contributed by atoms with E-state index in [1.807, 2.05) is 0 Å². The summed E-state index contributed by atoms with van der Waals surface area (Å²) in [5.74, 6) is 0. The van der Waals surface area contributed by atoms with Crippen LogP contribution in [0.4, 0.5) is 0 Å². The number of hydrogen-bond acceptors (Lipinski definition) is 2. The van der Waals surface area contributed by atoms with Crippen LogP contribution in [0.25, 0.3) is 0 Å². The molecule has 2 nitrogen and oxygen atoms in total. The summed E-state index contributed by atoms with van der Waals surface area (Å²) in [5, 5.41) is 3.54. The number of likely N-dealkylation sites (N-methyl/N-ethyl adjacent to an activating group) is 1. The number of hydrogen-bond donors (Lipinski definition) is 1. The zero-order chi connectivity index (χ0) is 10.4. The van der Waals surface area contributed by atoms with Crippen molar-refractivity contribution in [2.24, 2.45) is 0 Å². The highest BCUT2D eigenvalue weighted by atomic mass is 15.2. The molecule has 0 aliphatic heterocycles. The van der Waals surface area contributed by atoms with Crippen LogP contribution in [0.2, 0.25) is 0 Å². The minimum atomic E-state index is 0.698. The molecule has 84 valence electrons. The van der Waals surface area contributed by atoms with Crippen molar-refractivity contribution in [3.63, 3.8) is 0 Å². The van der Waals surface area contributed by atoms with E-state index in [2.05, 4.69) is 31.1 Å². The van der Waals surface area contributed by atoms with Gasteiger partial charge in [0.1, 0.15) is 0 Å². The summed E-state index contributed by atoms with van der Waals surface area (Å²) >= 11 is 0. The average molecular weight is 198 g/mol. The van der Waals surface area contributed by atoms with Gasteiger partial charge in [0.15, 0.2) is 0 Å². The second-order valence-electron chi connectivity index (χ2n) is 4.66. The van der Waals surface area contributed by atoms with Crippen LogP contribution < -0.4 is 5.32 Å². The van der Waals surface area contributed by atoms with Crippen LogP contribution in [0.5, 0.6) is 0 Å². The second kappa shape index (κ2) is 6.41. The smallest absolute Gasteiger partial charge is 0.0192 e. The first-order valence-corrected chi connectivity index (χ1v) is 6.18. The molecule has 0 bridgehead atoms. The molecule has 0 spiro atoms. The van der Waals surface area contributed by atoms with Gasteiger partial charge in [-0.1, -0.05) is 19.8 Å². The summed E-state index contributed by atoms with van der Waals surface area (Å²) in [6, 6.07) is 1.59. The molecule has 1 atom stereocenters. The maximum absolute atomic E-state index is 3.54. The lowest BCUT2D eigenvalue weighted by atomic mass is 10.2. The van der Waals surface area contributed by atoms with E-state index in [1.165, 1.54) is 38.6 Å². The highest BCUT2D eigenvalue weighted by Gasteiger charge is 2.28. The molecule has 1 aliphatic carbocycles. The van der Waals surface area contributed by atoms with E-state index in [9.17, 15) is 0 Å². The van der Waals surface area contributed by atoms with Crippen LogP contribution in [0.1, 0.15) is 46.0 Å². The molecular weight excluding hydrogens is 172 g/mol. The number of nitrogens with one attached hydrogen (secondary N) is 1. The lowest BCUT2D eigenvalue weighted by Gasteiger charge is -2.24. The van der Waals surface area contributed by atoms with E-state index < -0.39 is 0 Å². The number of unbranched alkanes of at least 4 members (excludes halogenated alkanes) is 2. The predicted octanol–water partition coefficient (Wildman–Crippen LogP) is 2.25. The van der Waals surface area contributed by atoms with Crippen molar-refractivity contribution in [2.75, 3.05) is 20.1 Å². The van der Waals surface area contributed by atoms with Gasteiger partial charge in [0.05, 0.1) is 0 Å². The molecule has 1 N–H and O–H groups in total. The highest BCUT2D eigenvalue weighted by Crippen LogP contribution is 2.26. The van der Waals surface area contributed by atoms with E-state index in [0.717, 1.165) is 12.6 Å². The molecule has 1 fully saturated rings. The third-order valence-electron chi connectivity index (χ3n) is 3.21.